The molecule has 0 aliphatic rings. The van der Waals surface area contributed by atoms with E-state index in [2.05, 4.69) is 5.32 Å². The number of aliphatic carboxylic acids is 1. The summed E-state index contributed by atoms with van der Waals surface area (Å²) in [6.45, 7) is 2.92. The van der Waals surface area contributed by atoms with Crippen LogP contribution >= 0.6 is 0 Å². The molecule has 4 N–H and O–H groups in total. The topological polar surface area (TPSA) is 122 Å². The van der Waals surface area contributed by atoms with Crippen molar-refractivity contribution in [2.45, 2.75) is 25.8 Å². The van der Waals surface area contributed by atoms with Gasteiger partial charge in [0.05, 0.1) is 6.61 Å². The van der Waals surface area contributed by atoms with Crippen LogP contribution in [0, 0.1) is 0 Å². The summed E-state index contributed by atoms with van der Waals surface area (Å²) < 4.78 is 4.86. The number of methoxy groups -OCH3 is 1. The van der Waals surface area contributed by atoms with Crippen LogP contribution in [0.5, 0.6) is 0 Å². The summed E-state index contributed by atoms with van der Waals surface area (Å²) in [5, 5.41) is 11.3. The van der Waals surface area contributed by atoms with Crippen LogP contribution in [-0.4, -0.2) is 60.8 Å². The average molecular weight is 275 g/mol. The van der Waals surface area contributed by atoms with E-state index >= 15 is 0 Å². The van der Waals surface area contributed by atoms with Gasteiger partial charge in [-0.3, -0.25) is 4.79 Å². The molecule has 0 heterocycles. The largest absolute Gasteiger partial charge is 0.480 e. The van der Waals surface area contributed by atoms with Gasteiger partial charge in [-0.15, -0.1) is 0 Å². The quantitative estimate of drug-likeness (QED) is 0.518. The number of amides is 3. The summed E-state index contributed by atoms with van der Waals surface area (Å²) in [5.41, 5.74) is 4.95. The number of carboxylic acids is 1. The van der Waals surface area contributed by atoms with Crippen molar-refractivity contribution in [3.63, 3.8) is 0 Å². The van der Waals surface area contributed by atoms with E-state index in [-0.39, 0.29) is 12.8 Å². The molecule has 0 rings (SSSR count). The number of hydrogen-bond acceptors (Lipinski definition) is 4. The maximum absolute atomic E-state index is 11.8. The van der Waals surface area contributed by atoms with Crippen LogP contribution in [0.3, 0.4) is 0 Å². The molecule has 0 radical (unpaired) electrons. The van der Waals surface area contributed by atoms with E-state index in [0.29, 0.717) is 19.7 Å². The van der Waals surface area contributed by atoms with Crippen molar-refractivity contribution < 1.29 is 24.2 Å². The lowest BCUT2D eigenvalue weighted by Crippen LogP contribution is -2.49. The molecule has 0 aliphatic heterocycles. The predicted molar refractivity (Wildman–Crippen MR) is 67.5 cm³/mol. The lowest BCUT2D eigenvalue weighted by Gasteiger charge is -2.23. The number of rotatable bonds is 9. The molecule has 0 fully saturated rings. The van der Waals surface area contributed by atoms with Crippen molar-refractivity contribution in [2.75, 3.05) is 26.8 Å². The van der Waals surface area contributed by atoms with Gasteiger partial charge in [-0.2, -0.15) is 0 Å². The number of nitrogens with one attached hydrogen (secondary N) is 1. The molecule has 0 unspecified atom stereocenters. The van der Waals surface area contributed by atoms with Crippen molar-refractivity contribution in [1.82, 2.24) is 10.2 Å². The molecular weight excluding hydrogens is 254 g/mol. The molecule has 0 aliphatic carbocycles. The Bertz CT molecular complexity index is 321. The van der Waals surface area contributed by atoms with Crippen LogP contribution in [0.4, 0.5) is 4.79 Å². The Hall–Kier alpha value is -1.83. The van der Waals surface area contributed by atoms with E-state index in [9.17, 15) is 14.4 Å². The third kappa shape index (κ3) is 7.24. The Kier molecular flexibility index (Phi) is 8.27. The molecule has 0 saturated carbocycles. The van der Waals surface area contributed by atoms with Crippen molar-refractivity contribution in [3.05, 3.63) is 0 Å². The van der Waals surface area contributed by atoms with Gasteiger partial charge in [0.2, 0.25) is 5.91 Å². The third-order valence-corrected chi connectivity index (χ3v) is 2.51. The number of hydrogen-bond donors (Lipinski definition) is 3. The van der Waals surface area contributed by atoms with Gasteiger partial charge < -0.3 is 25.8 Å². The summed E-state index contributed by atoms with van der Waals surface area (Å²) in [4.78, 5) is 34.8. The van der Waals surface area contributed by atoms with Crippen LogP contribution < -0.4 is 11.1 Å². The number of carboxylic acid groups (broad SMARTS) is 1. The Morgan fingerprint density at radius 2 is 2.05 bits per heavy atom. The second-order valence-electron chi connectivity index (χ2n) is 3.92. The lowest BCUT2D eigenvalue weighted by molar-refractivity contribution is -0.139. The van der Waals surface area contributed by atoms with E-state index in [1.54, 1.807) is 6.92 Å². The number of carbonyl (C=O) groups excluding carboxylic acids is 2. The molecule has 3 amide bonds. The first-order valence-electron chi connectivity index (χ1n) is 5.97. The average Bonchev–Trinajstić information content (AvgIpc) is 2.34. The second kappa shape index (κ2) is 9.15. The zero-order valence-electron chi connectivity index (χ0n) is 11.2. The summed E-state index contributed by atoms with van der Waals surface area (Å²) >= 11 is 0. The molecule has 0 aromatic carbocycles. The lowest BCUT2D eigenvalue weighted by atomic mass is 10.1. The molecule has 19 heavy (non-hydrogen) atoms. The van der Waals surface area contributed by atoms with Gasteiger partial charge in [-0.05, 0) is 13.3 Å². The highest BCUT2D eigenvalue weighted by Gasteiger charge is 2.22. The number of nitrogens with two attached hydrogens (primary N) is 1. The zero-order chi connectivity index (χ0) is 14.8. The highest BCUT2D eigenvalue weighted by Crippen LogP contribution is 1.99. The van der Waals surface area contributed by atoms with Gasteiger partial charge >= 0.3 is 12.0 Å². The number of urea groups is 1. The fourth-order valence-corrected chi connectivity index (χ4v) is 1.39. The van der Waals surface area contributed by atoms with Crippen LogP contribution in [0.25, 0.3) is 0 Å². The minimum atomic E-state index is -1.20. The predicted octanol–water partition coefficient (Wildman–Crippen LogP) is -0.617. The van der Waals surface area contributed by atoms with Crippen LogP contribution in [-0.2, 0) is 14.3 Å². The second-order valence-corrected chi connectivity index (χ2v) is 3.92. The maximum atomic E-state index is 11.8. The summed E-state index contributed by atoms with van der Waals surface area (Å²) in [6, 6.07) is -1.63. The molecule has 8 heteroatoms. The Labute approximate surface area is 111 Å². The maximum Gasteiger partial charge on any atom is 0.326 e. The van der Waals surface area contributed by atoms with Gasteiger partial charge in [0.1, 0.15) is 6.04 Å². The first-order valence-corrected chi connectivity index (χ1v) is 5.97. The molecule has 110 valence electrons. The Morgan fingerprint density at radius 3 is 2.47 bits per heavy atom. The number of primary amides is 1. The minimum Gasteiger partial charge on any atom is -0.480 e. The van der Waals surface area contributed by atoms with E-state index in [1.807, 2.05) is 0 Å². The van der Waals surface area contributed by atoms with Crippen molar-refractivity contribution in [1.29, 1.82) is 0 Å². The first kappa shape index (κ1) is 17.2. The highest BCUT2D eigenvalue weighted by molar-refractivity contribution is 5.83. The monoisotopic (exact) mass is 275 g/mol. The molecule has 0 aromatic rings. The van der Waals surface area contributed by atoms with Crippen molar-refractivity contribution >= 4 is 17.9 Å². The van der Waals surface area contributed by atoms with Gasteiger partial charge in [-0.25, -0.2) is 9.59 Å². The number of likely N-dealkylation sites (N-methyl/N-ethyl adjacent to an activating group) is 1. The van der Waals surface area contributed by atoms with E-state index < -0.39 is 23.9 Å². The normalized spacial score (nSPS) is 11.7. The van der Waals surface area contributed by atoms with E-state index in [0.717, 1.165) is 0 Å². The fourth-order valence-electron chi connectivity index (χ4n) is 1.39. The molecule has 8 nitrogen and oxygen atoms in total. The molecule has 0 saturated heterocycles. The van der Waals surface area contributed by atoms with Gasteiger partial charge in [0.15, 0.2) is 0 Å². The first-order chi connectivity index (χ1) is 8.92. The smallest absolute Gasteiger partial charge is 0.326 e. The highest BCUT2D eigenvalue weighted by atomic mass is 16.5. The zero-order valence-corrected chi connectivity index (χ0v) is 11.2. The molecule has 0 bridgehead atoms. The Morgan fingerprint density at radius 1 is 1.42 bits per heavy atom. The SMILES string of the molecule is CCN(CCOC)C(=O)N[C@H](CCC(N)=O)C(=O)O. The van der Waals surface area contributed by atoms with Gasteiger partial charge in [-0.1, -0.05) is 0 Å². The summed E-state index contributed by atoms with van der Waals surface area (Å²) in [6.07, 6.45) is -0.125. The standard InChI is InChI=1S/C11H21N3O5/c1-3-14(6-7-19-2)11(18)13-8(10(16)17)4-5-9(12)15/h8H,3-7H2,1-2H3,(H2,12,15)(H,13,18)(H,16,17)/t8-/m1/s1. The fraction of sp³-hybridized carbons (Fsp3) is 0.727. The number of ether oxygens (including phenoxy) is 1. The van der Waals surface area contributed by atoms with Crippen LogP contribution in [0.2, 0.25) is 0 Å². The summed E-state index contributed by atoms with van der Waals surface area (Å²) in [5.74, 6) is -1.80. The summed E-state index contributed by atoms with van der Waals surface area (Å²) in [7, 11) is 1.51. The third-order valence-electron chi connectivity index (χ3n) is 2.51. The van der Waals surface area contributed by atoms with Gasteiger partial charge in [0, 0.05) is 26.6 Å². The van der Waals surface area contributed by atoms with E-state index in [4.69, 9.17) is 15.6 Å². The van der Waals surface area contributed by atoms with Crippen LogP contribution in [0.15, 0.2) is 0 Å². The van der Waals surface area contributed by atoms with E-state index in [1.165, 1.54) is 12.0 Å². The van der Waals surface area contributed by atoms with Crippen molar-refractivity contribution in [3.8, 4) is 0 Å². The molecule has 0 aromatic heterocycles. The molecule has 1 atom stereocenters. The number of nitrogens with zero attached hydrogens (tertiary/aromatic N) is 1. The number of carbonyl (C=O) groups is 3. The van der Waals surface area contributed by atoms with Crippen LogP contribution in [0.1, 0.15) is 19.8 Å². The molecule has 0 spiro atoms. The van der Waals surface area contributed by atoms with Gasteiger partial charge in [0.25, 0.3) is 0 Å². The minimum absolute atomic E-state index is 0.0295. The van der Waals surface area contributed by atoms with Crippen molar-refractivity contribution in [2.24, 2.45) is 5.73 Å². The molecular formula is C11H21N3O5. The Balaban J connectivity index is 4.42.